The molecule has 1 aliphatic rings. The van der Waals surface area contributed by atoms with Crippen molar-refractivity contribution in [3.8, 4) is 11.8 Å². The third-order valence-electron chi connectivity index (χ3n) is 4.93. The van der Waals surface area contributed by atoms with Gasteiger partial charge in [-0.2, -0.15) is 18.4 Å². The SMILES string of the molecule is CS(=O)(=O)c1ccc(OCC(F)(F)F)c(C(=O)N2CCN(c3ccc(C#N)cc3)CC2)c1. The average Bonchev–Trinajstić information content (AvgIpc) is 2.76. The number of carbonyl (C=O) groups is 1. The molecule has 0 aliphatic carbocycles. The first-order chi connectivity index (χ1) is 15.0. The van der Waals surface area contributed by atoms with Crippen molar-refractivity contribution in [2.24, 2.45) is 0 Å². The van der Waals surface area contributed by atoms with E-state index in [0.717, 1.165) is 30.1 Å². The molecule has 2 aromatic rings. The Hall–Kier alpha value is -3.26. The molecule has 11 heteroatoms. The van der Waals surface area contributed by atoms with Crippen LogP contribution in [-0.2, 0) is 9.84 Å². The van der Waals surface area contributed by atoms with Crippen LogP contribution in [0.5, 0.6) is 5.75 Å². The van der Waals surface area contributed by atoms with Crippen molar-refractivity contribution in [3.63, 3.8) is 0 Å². The first-order valence-electron chi connectivity index (χ1n) is 9.56. The van der Waals surface area contributed by atoms with E-state index >= 15 is 0 Å². The summed E-state index contributed by atoms with van der Waals surface area (Å²) in [6.45, 7) is -0.121. The van der Waals surface area contributed by atoms with Crippen molar-refractivity contribution in [1.29, 1.82) is 5.26 Å². The number of sulfone groups is 1. The average molecular weight is 467 g/mol. The quantitative estimate of drug-likeness (QED) is 0.672. The van der Waals surface area contributed by atoms with Gasteiger partial charge >= 0.3 is 6.18 Å². The number of carbonyl (C=O) groups excluding carboxylic acids is 1. The number of halogens is 3. The lowest BCUT2D eigenvalue weighted by atomic mass is 10.1. The highest BCUT2D eigenvalue weighted by Gasteiger charge is 2.31. The zero-order valence-electron chi connectivity index (χ0n) is 17.1. The summed E-state index contributed by atoms with van der Waals surface area (Å²) >= 11 is 0. The number of benzene rings is 2. The minimum absolute atomic E-state index is 0.184. The molecule has 0 atom stereocenters. The molecule has 0 aromatic heterocycles. The molecule has 0 unspecified atom stereocenters. The lowest BCUT2D eigenvalue weighted by molar-refractivity contribution is -0.153. The number of piperazine rings is 1. The molecule has 1 fully saturated rings. The van der Waals surface area contributed by atoms with Crippen LogP contribution >= 0.6 is 0 Å². The molecule has 0 bridgehead atoms. The first kappa shape index (κ1) is 23.4. The largest absolute Gasteiger partial charge is 0.483 e. The molecule has 0 radical (unpaired) electrons. The van der Waals surface area contributed by atoms with Gasteiger partial charge in [0.15, 0.2) is 16.4 Å². The molecule has 0 saturated carbocycles. The summed E-state index contributed by atoms with van der Waals surface area (Å²) in [4.78, 5) is 16.3. The highest BCUT2D eigenvalue weighted by atomic mass is 32.2. The fourth-order valence-corrected chi connectivity index (χ4v) is 3.92. The summed E-state index contributed by atoms with van der Waals surface area (Å²) in [6, 6.07) is 12.3. The Morgan fingerprint density at radius 2 is 1.72 bits per heavy atom. The maximum atomic E-state index is 13.1. The van der Waals surface area contributed by atoms with E-state index in [1.54, 1.807) is 24.3 Å². The van der Waals surface area contributed by atoms with Gasteiger partial charge < -0.3 is 14.5 Å². The lowest BCUT2D eigenvalue weighted by Gasteiger charge is -2.36. The molecule has 1 heterocycles. The Morgan fingerprint density at radius 3 is 2.25 bits per heavy atom. The second-order valence-corrected chi connectivity index (χ2v) is 9.29. The molecule has 1 amide bonds. The third kappa shape index (κ3) is 5.70. The highest BCUT2D eigenvalue weighted by molar-refractivity contribution is 7.90. The Kier molecular flexibility index (Phi) is 6.64. The summed E-state index contributed by atoms with van der Waals surface area (Å²) in [6.07, 6.45) is -3.66. The van der Waals surface area contributed by atoms with Gasteiger partial charge in [0.1, 0.15) is 5.75 Å². The molecule has 2 aromatic carbocycles. The minimum Gasteiger partial charge on any atom is -0.483 e. The second-order valence-electron chi connectivity index (χ2n) is 7.27. The van der Waals surface area contributed by atoms with Crippen LogP contribution in [0.1, 0.15) is 15.9 Å². The summed E-state index contributed by atoms with van der Waals surface area (Å²) in [5.74, 6) is -0.929. The van der Waals surface area contributed by atoms with E-state index in [0.29, 0.717) is 18.7 Å². The molecule has 7 nitrogen and oxygen atoms in total. The summed E-state index contributed by atoms with van der Waals surface area (Å²) in [7, 11) is -3.68. The van der Waals surface area contributed by atoms with Crippen molar-refractivity contribution in [1.82, 2.24) is 4.90 Å². The van der Waals surface area contributed by atoms with Crippen molar-refractivity contribution in [3.05, 3.63) is 53.6 Å². The van der Waals surface area contributed by atoms with Gasteiger partial charge in [-0.3, -0.25) is 4.79 Å². The van der Waals surface area contributed by atoms with Crippen LogP contribution in [0.4, 0.5) is 18.9 Å². The van der Waals surface area contributed by atoms with Gasteiger partial charge in [-0.05, 0) is 42.5 Å². The predicted octanol–water partition coefficient (Wildman–Crippen LogP) is 2.87. The van der Waals surface area contributed by atoms with Crippen LogP contribution in [0.2, 0.25) is 0 Å². The van der Waals surface area contributed by atoms with Crippen LogP contribution in [0, 0.1) is 11.3 Å². The minimum atomic E-state index is -4.61. The van der Waals surface area contributed by atoms with Gasteiger partial charge in [0, 0.05) is 38.1 Å². The van der Waals surface area contributed by atoms with Crippen LogP contribution in [0.15, 0.2) is 47.4 Å². The number of nitrogens with zero attached hydrogens (tertiary/aromatic N) is 3. The van der Waals surface area contributed by atoms with E-state index in [9.17, 15) is 26.4 Å². The molecule has 3 rings (SSSR count). The number of ether oxygens (including phenoxy) is 1. The molecular weight excluding hydrogens is 447 g/mol. The van der Waals surface area contributed by atoms with Crippen LogP contribution in [0.25, 0.3) is 0 Å². The Balaban J connectivity index is 1.79. The summed E-state index contributed by atoms with van der Waals surface area (Å²) < 4.78 is 66.4. The predicted molar refractivity (Wildman–Crippen MR) is 110 cm³/mol. The van der Waals surface area contributed by atoms with Crippen LogP contribution in [-0.4, -0.2) is 64.4 Å². The van der Waals surface area contributed by atoms with E-state index < -0.39 is 28.5 Å². The van der Waals surface area contributed by atoms with Gasteiger partial charge in [-0.15, -0.1) is 0 Å². The van der Waals surface area contributed by atoms with Crippen molar-refractivity contribution < 1.29 is 31.1 Å². The van der Waals surface area contributed by atoms with Gasteiger partial charge in [0.05, 0.1) is 22.1 Å². The van der Waals surface area contributed by atoms with Crippen LogP contribution in [0.3, 0.4) is 0 Å². The maximum absolute atomic E-state index is 13.1. The van der Waals surface area contributed by atoms with E-state index in [2.05, 4.69) is 0 Å². The fourth-order valence-electron chi connectivity index (χ4n) is 3.28. The zero-order chi connectivity index (χ0) is 23.5. The number of amides is 1. The first-order valence-corrected chi connectivity index (χ1v) is 11.4. The second kappa shape index (κ2) is 9.08. The number of alkyl halides is 3. The molecule has 0 spiro atoms. The van der Waals surface area contributed by atoms with Crippen molar-refractivity contribution in [2.45, 2.75) is 11.1 Å². The number of hydrogen-bond acceptors (Lipinski definition) is 6. The standard InChI is InChI=1S/C21H20F3N3O4S/c1-32(29,30)17-6-7-19(31-14-21(22,23)24)18(12-17)20(28)27-10-8-26(9-11-27)16-4-2-15(13-25)3-5-16/h2-7,12H,8-11,14H2,1H3. The summed E-state index contributed by atoms with van der Waals surface area (Å²) in [5.41, 5.74) is 1.17. The van der Waals surface area contributed by atoms with Crippen molar-refractivity contribution in [2.75, 3.05) is 43.9 Å². The molecule has 0 N–H and O–H groups in total. The molecule has 1 aliphatic heterocycles. The van der Waals surface area contributed by atoms with Gasteiger partial charge in [0.2, 0.25) is 0 Å². The van der Waals surface area contributed by atoms with E-state index in [1.165, 1.54) is 4.90 Å². The van der Waals surface area contributed by atoms with Gasteiger partial charge in [-0.25, -0.2) is 8.42 Å². The topological polar surface area (TPSA) is 90.7 Å². The highest BCUT2D eigenvalue weighted by Crippen LogP contribution is 2.27. The van der Waals surface area contributed by atoms with Crippen molar-refractivity contribution >= 4 is 21.4 Å². The summed E-state index contributed by atoms with van der Waals surface area (Å²) in [5, 5.41) is 8.90. The molecule has 32 heavy (non-hydrogen) atoms. The molecular formula is C21H20F3N3O4S. The Morgan fingerprint density at radius 1 is 1.09 bits per heavy atom. The Labute approximate surface area is 183 Å². The van der Waals surface area contributed by atoms with Gasteiger partial charge in [-0.1, -0.05) is 0 Å². The van der Waals surface area contributed by atoms with E-state index in [4.69, 9.17) is 10.00 Å². The normalized spacial score (nSPS) is 14.7. The Bertz CT molecular complexity index is 1130. The fraction of sp³-hybridized carbons (Fsp3) is 0.333. The van der Waals surface area contributed by atoms with Gasteiger partial charge in [0.25, 0.3) is 5.91 Å². The van der Waals surface area contributed by atoms with Crippen LogP contribution < -0.4 is 9.64 Å². The monoisotopic (exact) mass is 467 g/mol. The lowest BCUT2D eigenvalue weighted by Crippen LogP contribution is -2.48. The van der Waals surface area contributed by atoms with E-state index in [-0.39, 0.29) is 29.3 Å². The third-order valence-corrected chi connectivity index (χ3v) is 6.04. The number of anilines is 1. The maximum Gasteiger partial charge on any atom is 0.422 e. The smallest absolute Gasteiger partial charge is 0.422 e. The number of nitriles is 1. The van der Waals surface area contributed by atoms with E-state index in [1.807, 2.05) is 11.0 Å². The molecule has 1 saturated heterocycles. The number of rotatable bonds is 5. The number of hydrogen-bond donors (Lipinski definition) is 0. The zero-order valence-corrected chi connectivity index (χ0v) is 17.9. The molecule has 170 valence electrons.